The zero-order valence-corrected chi connectivity index (χ0v) is 18.8. The molecule has 0 bridgehead atoms. The summed E-state index contributed by atoms with van der Waals surface area (Å²) in [5, 5.41) is 9.25. The van der Waals surface area contributed by atoms with E-state index in [4.69, 9.17) is 9.47 Å². The Balaban J connectivity index is 0.00000364. The largest absolute Gasteiger partial charge is 0.493 e. The van der Waals surface area contributed by atoms with Crippen molar-refractivity contribution in [3.8, 4) is 5.75 Å². The third kappa shape index (κ3) is 8.23. The summed E-state index contributed by atoms with van der Waals surface area (Å²) in [6.45, 7) is 8.04. The van der Waals surface area contributed by atoms with Gasteiger partial charge in [0.05, 0.1) is 6.61 Å². The fourth-order valence-corrected chi connectivity index (χ4v) is 2.73. The van der Waals surface area contributed by atoms with E-state index in [0.29, 0.717) is 25.0 Å². The van der Waals surface area contributed by atoms with Crippen LogP contribution in [0.25, 0.3) is 0 Å². The van der Waals surface area contributed by atoms with Crippen LogP contribution in [-0.4, -0.2) is 50.9 Å². The molecule has 0 aromatic heterocycles. The van der Waals surface area contributed by atoms with Crippen LogP contribution in [0.2, 0.25) is 0 Å². The lowest BCUT2D eigenvalue weighted by Gasteiger charge is -2.26. The first kappa shape index (κ1) is 23.3. The van der Waals surface area contributed by atoms with E-state index in [9.17, 15) is 4.79 Å². The van der Waals surface area contributed by atoms with Gasteiger partial charge in [0.15, 0.2) is 5.96 Å². The number of hydrogen-bond donors (Lipinski definition) is 3. The molecular formula is C19H31IN4O3. The number of hydrogen-bond acceptors (Lipinski definition) is 4. The predicted octanol–water partition coefficient (Wildman–Crippen LogP) is 2.86. The first-order chi connectivity index (χ1) is 12.4. The minimum atomic E-state index is -0.491. The summed E-state index contributed by atoms with van der Waals surface area (Å²) in [4.78, 5) is 15.8. The number of guanidine groups is 1. The molecule has 0 spiro atoms. The standard InChI is InChI=1S/C19H30N4O3.HI/c1-19(2,3)26-18(24)22-11-10-21-17(20-4)23-13-14-9-12-25-16-8-6-5-7-15(14)16;/h5-8,14H,9-13H2,1-4H3,(H,22,24)(H2,20,21,23);1H. The van der Waals surface area contributed by atoms with Gasteiger partial charge < -0.3 is 25.4 Å². The van der Waals surface area contributed by atoms with Gasteiger partial charge in [-0.2, -0.15) is 0 Å². The van der Waals surface area contributed by atoms with Gasteiger partial charge in [-0.05, 0) is 38.8 Å². The molecule has 2 rings (SSSR count). The lowest BCUT2D eigenvalue weighted by molar-refractivity contribution is 0.0529. The molecule has 27 heavy (non-hydrogen) atoms. The van der Waals surface area contributed by atoms with E-state index in [1.165, 1.54) is 5.56 Å². The van der Waals surface area contributed by atoms with Gasteiger partial charge >= 0.3 is 6.09 Å². The normalized spacial score (nSPS) is 16.3. The molecule has 1 atom stereocenters. The third-order valence-electron chi connectivity index (χ3n) is 3.91. The highest BCUT2D eigenvalue weighted by atomic mass is 127. The summed E-state index contributed by atoms with van der Waals surface area (Å²) < 4.78 is 10.9. The second-order valence-corrected chi connectivity index (χ2v) is 7.18. The number of amides is 1. The van der Waals surface area contributed by atoms with Gasteiger partial charge in [0.1, 0.15) is 11.4 Å². The molecular weight excluding hydrogens is 459 g/mol. The van der Waals surface area contributed by atoms with Crippen molar-refractivity contribution < 1.29 is 14.3 Å². The molecule has 0 aliphatic carbocycles. The smallest absolute Gasteiger partial charge is 0.407 e. The Bertz CT molecular complexity index is 632. The molecule has 7 nitrogen and oxygen atoms in total. The SMILES string of the molecule is CN=C(NCCNC(=O)OC(C)(C)C)NCC1CCOc2ccccc21.I. The van der Waals surface area contributed by atoms with Crippen LogP contribution in [0.15, 0.2) is 29.3 Å². The van der Waals surface area contributed by atoms with E-state index >= 15 is 0 Å². The second-order valence-electron chi connectivity index (χ2n) is 7.18. The van der Waals surface area contributed by atoms with Gasteiger partial charge in [-0.25, -0.2) is 4.79 Å². The molecule has 1 amide bonds. The monoisotopic (exact) mass is 490 g/mol. The Hall–Kier alpha value is -1.71. The van der Waals surface area contributed by atoms with Crippen LogP contribution in [0.4, 0.5) is 4.79 Å². The lowest BCUT2D eigenvalue weighted by atomic mass is 9.93. The fourth-order valence-electron chi connectivity index (χ4n) is 2.73. The second kappa shape index (κ2) is 11.2. The molecule has 152 valence electrons. The highest BCUT2D eigenvalue weighted by Crippen LogP contribution is 2.32. The maximum atomic E-state index is 11.6. The van der Waals surface area contributed by atoms with Gasteiger partial charge in [-0.15, -0.1) is 24.0 Å². The highest BCUT2D eigenvalue weighted by molar-refractivity contribution is 14.0. The van der Waals surface area contributed by atoms with Gasteiger partial charge in [0.25, 0.3) is 0 Å². The van der Waals surface area contributed by atoms with Crippen LogP contribution in [-0.2, 0) is 4.74 Å². The molecule has 1 aromatic carbocycles. The molecule has 1 aliphatic heterocycles. The quantitative estimate of drug-likeness (QED) is 0.256. The third-order valence-corrected chi connectivity index (χ3v) is 3.91. The molecule has 1 aromatic rings. The van der Waals surface area contributed by atoms with Crippen molar-refractivity contribution in [2.75, 3.05) is 33.3 Å². The summed E-state index contributed by atoms with van der Waals surface area (Å²) in [7, 11) is 1.73. The molecule has 0 fully saturated rings. The number of carbonyl (C=O) groups is 1. The highest BCUT2D eigenvalue weighted by Gasteiger charge is 2.21. The predicted molar refractivity (Wildman–Crippen MR) is 118 cm³/mol. The molecule has 0 radical (unpaired) electrons. The number of fused-ring (bicyclic) bond motifs is 1. The van der Waals surface area contributed by atoms with Gasteiger partial charge in [-0.1, -0.05) is 18.2 Å². The van der Waals surface area contributed by atoms with Crippen LogP contribution >= 0.6 is 24.0 Å². The number of para-hydroxylation sites is 1. The molecule has 1 heterocycles. The number of aliphatic imine (C=N–C) groups is 1. The minimum absolute atomic E-state index is 0. The van der Waals surface area contributed by atoms with Crippen LogP contribution < -0.4 is 20.7 Å². The average Bonchev–Trinajstić information content (AvgIpc) is 2.59. The van der Waals surface area contributed by atoms with E-state index in [0.717, 1.165) is 25.3 Å². The number of rotatable bonds is 5. The number of alkyl carbamates (subject to hydrolysis) is 1. The van der Waals surface area contributed by atoms with Crippen molar-refractivity contribution in [1.82, 2.24) is 16.0 Å². The van der Waals surface area contributed by atoms with Crippen molar-refractivity contribution >= 4 is 36.0 Å². The van der Waals surface area contributed by atoms with E-state index < -0.39 is 11.7 Å². The lowest BCUT2D eigenvalue weighted by Crippen LogP contribution is -2.43. The zero-order valence-electron chi connectivity index (χ0n) is 16.5. The molecule has 0 saturated heterocycles. The number of halogens is 1. The minimum Gasteiger partial charge on any atom is -0.493 e. The zero-order chi connectivity index (χ0) is 19.0. The van der Waals surface area contributed by atoms with Crippen LogP contribution in [0.3, 0.4) is 0 Å². The Labute approximate surface area is 178 Å². The van der Waals surface area contributed by atoms with Crippen LogP contribution in [0.5, 0.6) is 5.75 Å². The maximum Gasteiger partial charge on any atom is 0.407 e. The molecule has 3 N–H and O–H groups in total. The van der Waals surface area contributed by atoms with Gasteiger partial charge in [0.2, 0.25) is 0 Å². The summed E-state index contributed by atoms with van der Waals surface area (Å²) >= 11 is 0. The number of nitrogens with zero attached hydrogens (tertiary/aromatic N) is 1. The van der Waals surface area contributed by atoms with Crippen LogP contribution in [0.1, 0.15) is 38.7 Å². The maximum absolute atomic E-state index is 11.6. The van der Waals surface area contributed by atoms with Crippen molar-refractivity contribution in [3.63, 3.8) is 0 Å². The molecule has 8 heteroatoms. The summed E-state index contributed by atoms with van der Waals surface area (Å²) in [5.41, 5.74) is 0.739. The van der Waals surface area contributed by atoms with E-state index in [2.05, 4.69) is 27.0 Å². The van der Waals surface area contributed by atoms with E-state index in [1.807, 2.05) is 39.0 Å². The molecule has 1 aliphatic rings. The number of ether oxygens (including phenoxy) is 2. The Morgan fingerprint density at radius 2 is 1.93 bits per heavy atom. The van der Waals surface area contributed by atoms with Gasteiger partial charge in [0, 0.05) is 32.6 Å². The number of benzene rings is 1. The van der Waals surface area contributed by atoms with Crippen molar-refractivity contribution in [2.45, 2.75) is 38.7 Å². The number of carbonyl (C=O) groups excluding carboxylic acids is 1. The topological polar surface area (TPSA) is 84.0 Å². The first-order valence-electron chi connectivity index (χ1n) is 9.02. The van der Waals surface area contributed by atoms with Gasteiger partial charge in [-0.3, -0.25) is 4.99 Å². The van der Waals surface area contributed by atoms with Crippen molar-refractivity contribution in [2.24, 2.45) is 4.99 Å². The molecule has 0 saturated carbocycles. The summed E-state index contributed by atoms with van der Waals surface area (Å²) in [5.74, 6) is 2.06. The Morgan fingerprint density at radius 3 is 2.63 bits per heavy atom. The van der Waals surface area contributed by atoms with Crippen molar-refractivity contribution in [3.05, 3.63) is 29.8 Å². The molecule has 1 unspecified atom stereocenters. The summed E-state index contributed by atoms with van der Waals surface area (Å²) in [6.07, 6.45) is 0.558. The van der Waals surface area contributed by atoms with E-state index in [-0.39, 0.29) is 24.0 Å². The Kier molecular flexibility index (Phi) is 9.68. The van der Waals surface area contributed by atoms with Crippen molar-refractivity contribution in [1.29, 1.82) is 0 Å². The average molecular weight is 490 g/mol. The van der Waals surface area contributed by atoms with E-state index in [1.54, 1.807) is 7.05 Å². The number of nitrogens with one attached hydrogen (secondary N) is 3. The first-order valence-corrected chi connectivity index (χ1v) is 9.02. The fraction of sp³-hybridized carbons (Fsp3) is 0.579. The van der Waals surface area contributed by atoms with Crippen LogP contribution in [0, 0.1) is 0 Å². The Morgan fingerprint density at radius 1 is 1.22 bits per heavy atom. The summed E-state index contributed by atoms with van der Waals surface area (Å²) in [6, 6.07) is 8.15.